The fourth-order valence-electron chi connectivity index (χ4n) is 5.32. The standard InChI is InChI=1S/C27H30F6N6O/c1-17(2)14-25(7-9-34-10-8-25)24(40)39(15-18-3-5-20(6-4-18)23-35-37-38-36-23)16-19-11-21(26(28,29)30)13-22(12-19)27(31,32)33/h3-6,11-13,17,34H,7-10,14-16H2,1-2H3,(H,35,36,37,38). The molecule has 2 heterocycles. The van der Waals surface area contributed by atoms with Gasteiger partial charge >= 0.3 is 12.4 Å². The highest BCUT2D eigenvalue weighted by Gasteiger charge is 2.43. The molecule has 1 amide bonds. The molecule has 13 heteroatoms. The maximum Gasteiger partial charge on any atom is 0.416 e. The van der Waals surface area contributed by atoms with E-state index in [1.165, 1.54) is 4.90 Å². The van der Waals surface area contributed by atoms with Crippen LogP contribution in [0.15, 0.2) is 42.5 Å². The molecule has 1 aromatic heterocycles. The minimum Gasteiger partial charge on any atom is -0.334 e. The van der Waals surface area contributed by atoms with E-state index in [2.05, 4.69) is 25.9 Å². The third kappa shape index (κ3) is 6.98. The van der Waals surface area contributed by atoms with Crippen LogP contribution in [0.4, 0.5) is 26.3 Å². The van der Waals surface area contributed by atoms with Crippen LogP contribution in [0.25, 0.3) is 11.4 Å². The Labute approximate surface area is 227 Å². The summed E-state index contributed by atoms with van der Waals surface area (Å²) < 4.78 is 81.3. The summed E-state index contributed by atoms with van der Waals surface area (Å²) in [4.78, 5) is 15.6. The molecule has 1 saturated heterocycles. The third-order valence-corrected chi connectivity index (χ3v) is 7.05. The van der Waals surface area contributed by atoms with E-state index in [9.17, 15) is 31.1 Å². The maximum absolute atomic E-state index is 14.2. The summed E-state index contributed by atoms with van der Waals surface area (Å²) in [5, 5.41) is 16.9. The molecule has 1 aliphatic heterocycles. The quantitative estimate of drug-likeness (QED) is 0.333. The van der Waals surface area contributed by atoms with E-state index in [1.807, 2.05) is 13.8 Å². The van der Waals surface area contributed by atoms with Gasteiger partial charge in [0, 0.05) is 18.7 Å². The van der Waals surface area contributed by atoms with Crippen LogP contribution in [0.2, 0.25) is 0 Å². The summed E-state index contributed by atoms with van der Waals surface area (Å²) >= 11 is 0. The summed E-state index contributed by atoms with van der Waals surface area (Å²) in [6, 6.07) is 8.33. The van der Waals surface area contributed by atoms with Gasteiger partial charge in [-0.25, -0.2) is 0 Å². The summed E-state index contributed by atoms with van der Waals surface area (Å²) in [7, 11) is 0. The molecule has 40 heavy (non-hydrogen) atoms. The zero-order valence-corrected chi connectivity index (χ0v) is 22.0. The minimum atomic E-state index is -4.98. The van der Waals surface area contributed by atoms with Gasteiger partial charge in [0.15, 0.2) is 0 Å². The van der Waals surface area contributed by atoms with Gasteiger partial charge in [-0.3, -0.25) is 4.79 Å². The highest BCUT2D eigenvalue weighted by Crippen LogP contribution is 2.40. The second kappa shape index (κ2) is 11.6. The number of aromatic nitrogens is 4. The van der Waals surface area contributed by atoms with E-state index in [0.29, 0.717) is 61.4 Å². The van der Waals surface area contributed by atoms with E-state index in [-0.39, 0.29) is 30.0 Å². The Morgan fingerprint density at radius 1 is 0.925 bits per heavy atom. The number of benzene rings is 2. The molecule has 2 aromatic carbocycles. The van der Waals surface area contributed by atoms with Crippen molar-refractivity contribution in [2.24, 2.45) is 11.3 Å². The second-order valence-corrected chi connectivity index (χ2v) is 10.6. The lowest BCUT2D eigenvalue weighted by molar-refractivity contribution is -0.146. The fraction of sp³-hybridized carbons (Fsp3) is 0.481. The first kappa shape index (κ1) is 29.5. The summed E-state index contributed by atoms with van der Waals surface area (Å²) in [5.74, 6) is 0.230. The number of aromatic amines is 1. The number of piperidine rings is 1. The van der Waals surface area contributed by atoms with Crippen LogP contribution in [0.5, 0.6) is 0 Å². The molecular formula is C27H30F6N6O. The number of alkyl halides is 6. The number of amides is 1. The monoisotopic (exact) mass is 568 g/mol. The van der Waals surface area contributed by atoms with Gasteiger partial charge in [-0.15, -0.1) is 10.2 Å². The Hall–Kier alpha value is -3.48. The molecule has 0 aliphatic carbocycles. The summed E-state index contributed by atoms with van der Waals surface area (Å²) in [6.45, 7) is 4.74. The highest BCUT2D eigenvalue weighted by molar-refractivity contribution is 5.83. The smallest absolute Gasteiger partial charge is 0.334 e. The first-order chi connectivity index (χ1) is 18.8. The Bertz CT molecular complexity index is 1250. The SMILES string of the molecule is CC(C)CC1(C(=O)N(Cc2ccc(-c3nn[nH]n3)cc2)Cc2cc(C(F)(F)F)cc(C(F)(F)F)c2)CCNCC1. The number of carbonyl (C=O) groups is 1. The number of nitrogens with one attached hydrogen (secondary N) is 2. The molecule has 0 unspecified atom stereocenters. The number of nitrogens with zero attached hydrogens (tertiary/aromatic N) is 4. The number of halogens is 6. The van der Waals surface area contributed by atoms with Crippen molar-refractivity contribution in [3.63, 3.8) is 0 Å². The number of tetrazole rings is 1. The fourth-order valence-corrected chi connectivity index (χ4v) is 5.32. The van der Waals surface area contributed by atoms with Crippen molar-refractivity contribution >= 4 is 5.91 Å². The molecule has 3 aromatic rings. The molecule has 0 bridgehead atoms. The zero-order valence-electron chi connectivity index (χ0n) is 22.0. The lowest BCUT2D eigenvalue weighted by Gasteiger charge is -2.41. The number of H-pyrrole nitrogens is 1. The molecule has 1 fully saturated rings. The molecule has 1 aliphatic rings. The highest BCUT2D eigenvalue weighted by atomic mass is 19.4. The molecule has 0 spiro atoms. The summed E-state index contributed by atoms with van der Waals surface area (Å²) in [5.41, 5.74) is -2.54. The van der Waals surface area contributed by atoms with E-state index in [4.69, 9.17) is 0 Å². The molecule has 7 nitrogen and oxygen atoms in total. The lowest BCUT2D eigenvalue weighted by Crippen LogP contribution is -2.49. The molecule has 0 atom stereocenters. The topological polar surface area (TPSA) is 86.8 Å². The van der Waals surface area contributed by atoms with Gasteiger partial charge in [0.25, 0.3) is 0 Å². The van der Waals surface area contributed by atoms with Crippen molar-refractivity contribution in [2.45, 2.75) is 58.6 Å². The van der Waals surface area contributed by atoms with Crippen molar-refractivity contribution in [3.05, 3.63) is 64.7 Å². The zero-order chi connectivity index (χ0) is 29.1. The largest absolute Gasteiger partial charge is 0.416 e. The number of hydrogen-bond donors (Lipinski definition) is 2. The molecule has 2 N–H and O–H groups in total. The van der Waals surface area contributed by atoms with E-state index in [1.54, 1.807) is 24.3 Å². The van der Waals surface area contributed by atoms with Gasteiger partial charge in [-0.1, -0.05) is 38.1 Å². The predicted octanol–water partition coefficient (Wildman–Crippen LogP) is 5.85. The number of carbonyl (C=O) groups excluding carboxylic acids is 1. The van der Waals surface area contributed by atoms with Crippen LogP contribution < -0.4 is 5.32 Å². The van der Waals surface area contributed by atoms with Gasteiger partial charge in [-0.05, 0) is 72.8 Å². The van der Waals surface area contributed by atoms with Gasteiger partial charge in [0.05, 0.1) is 16.5 Å². The number of rotatable bonds is 8. The lowest BCUT2D eigenvalue weighted by atomic mass is 9.72. The molecule has 4 rings (SSSR count). The third-order valence-electron chi connectivity index (χ3n) is 7.05. The Balaban J connectivity index is 1.73. The second-order valence-electron chi connectivity index (χ2n) is 10.6. The minimum absolute atomic E-state index is 0.00374. The first-order valence-electron chi connectivity index (χ1n) is 12.9. The van der Waals surface area contributed by atoms with Crippen LogP contribution in [0.3, 0.4) is 0 Å². The van der Waals surface area contributed by atoms with Crippen molar-refractivity contribution in [3.8, 4) is 11.4 Å². The van der Waals surface area contributed by atoms with Crippen molar-refractivity contribution in [1.29, 1.82) is 0 Å². The average molecular weight is 569 g/mol. The van der Waals surface area contributed by atoms with Crippen LogP contribution in [0.1, 0.15) is 55.4 Å². The van der Waals surface area contributed by atoms with Gasteiger partial charge < -0.3 is 10.2 Å². The van der Waals surface area contributed by atoms with Crippen molar-refractivity contribution in [1.82, 2.24) is 30.8 Å². The van der Waals surface area contributed by atoms with Gasteiger partial charge in [0.1, 0.15) is 0 Å². The maximum atomic E-state index is 14.2. The van der Waals surface area contributed by atoms with E-state index >= 15 is 0 Å². The molecule has 216 valence electrons. The van der Waals surface area contributed by atoms with Crippen LogP contribution in [0, 0.1) is 11.3 Å². The Morgan fingerprint density at radius 2 is 1.50 bits per heavy atom. The van der Waals surface area contributed by atoms with Crippen molar-refractivity contribution < 1.29 is 31.1 Å². The van der Waals surface area contributed by atoms with Crippen LogP contribution >= 0.6 is 0 Å². The predicted molar refractivity (Wildman–Crippen MR) is 134 cm³/mol. The Kier molecular flexibility index (Phi) is 8.52. The van der Waals surface area contributed by atoms with Gasteiger partial charge in [0.2, 0.25) is 11.7 Å². The molecule has 0 saturated carbocycles. The normalized spacial score (nSPS) is 15.8. The van der Waals surface area contributed by atoms with Crippen LogP contribution in [-0.4, -0.2) is 44.5 Å². The van der Waals surface area contributed by atoms with Crippen molar-refractivity contribution in [2.75, 3.05) is 13.1 Å². The van der Waals surface area contributed by atoms with Crippen LogP contribution in [-0.2, 0) is 30.2 Å². The molecular weight excluding hydrogens is 538 g/mol. The Morgan fingerprint density at radius 3 is 2.00 bits per heavy atom. The van der Waals surface area contributed by atoms with E-state index < -0.39 is 35.4 Å². The summed E-state index contributed by atoms with van der Waals surface area (Å²) in [6.07, 6.45) is -8.37. The first-order valence-corrected chi connectivity index (χ1v) is 12.9. The van der Waals surface area contributed by atoms with E-state index in [0.717, 1.165) is 0 Å². The average Bonchev–Trinajstić information content (AvgIpc) is 3.42. The molecule has 0 radical (unpaired) electrons. The van der Waals surface area contributed by atoms with Gasteiger partial charge in [-0.2, -0.15) is 31.6 Å². The number of hydrogen-bond acceptors (Lipinski definition) is 5.